The number of rotatable bonds is 7. The average molecular weight is 476 g/mol. The number of H-pyrrole nitrogens is 1. The third kappa shape index (κ3) is 4.90. The molecule has 1 aliphatic heterocycles. The highest BCUT2D eigenvalue weighted by Gasteiger charge is 2.19. The molecule has 3 N–H and O–H groups in total. The Morgan fingerprint density at radius 2 is 1.86 bits per heavy atom. The van der Waals surface area contributed by atoms with E-state index in [4.69, 9.17) is 5.73 Å². The number of piperazine rings is 1. The Morgan fingerprint density at radius 1 is 1.09 bits per heavy atom. The van der Waals surface area contributed by atoms with Crippen LogP contribution in [0.25, 0.3) is 10.8 Å². The van der Waals surface area contributed by atoms with Gasteiger partial charge < -0.3 is 15.6 Å². The van der Waals surface area contributed by atoms with Crippen LogP contribution in [0.5, 0.6) is 0 Å². The predicted molar refractivity (Wildman–Crippen MR) is 136 cm³/mol. The van der Waals surface area contributed by atoms with Crippen molar-refractivity contribution < 1.29 is 4.39 Å². The molecule has 182 valence electrons. The van der Waals surface area contributed by atoms with E-state index in [0.29, 0.717) is 17.5 Å². The number of halogens is 1. The smallest absolute Gasteiger partial charge is 0.256 e. The number of nitrogens with one attached hydrogen (secondary N) is 1. The fraction of sp³-hybridized carbons (Fsp3) is 0.346. The van der Waals surface area contributed by atoms with Crippen LogP contribution in [0.3, 0.4) is 0 Å². The van der Waals surface area contributed by atoms with Crippen LogP contribution in [-0.2, 0) is 19.9 Å². The Bertz CT molecular complexity index is 1370. The molecule has 2 aromatic carbocycles. The Kier molecular flexibility index (Phi) is 6.50. The van der Waals surface area contributed by atoms with Gasteiger partial charge in [0.1, 0.15) is 18.0 Å². The van der Waals surface area contributed by atoms with Gasteiger partial charge in [-0.05, 0) is 61.3 Å². The normalized spacial score (nSPS) is 14.6. The maximum atomic E-state index is 13.2. The summed E-state index contributed by atoms with van der Waals surface area (Å²) in [5.74, 6) is 0.610. The van der Waals surface area contributed by atoms with Gasteiger partial charge in [-0.15, -0.1) is 0 Å². The Balaban J connectivity index is 1.29. The summed E-state index contributed by atoms with van der Waals surface area (Å²) in [5.41, 5.74) is 9.81. The van der Waals surface area contributed by atoms with Crippen LogP contribution in [0.4, 0.5) is 15.8 Å². The molecule has 0 unspecified atom stereocenters. The molecule has 0 radical (unpaired) electrons. The number of hydrogen-bond acceptors (Lipinski definition) is 6. The van der Waals surface area contributed by atoms with E-state index in [1.165, 1.54) is 18.5 Å². The van der Waals surface area contributed by atoms with Crippen molar-refractivity contribution in [1.29, 1.82) is 0 Å². The first-order valence-corrected chi connectivity index (χ1v) is 12.0. The Labute approximate surface area is 203 Å². The van der Waals surface area contributed by atoms with Gasteiger partial charge in [0, 0.05) is 67.5 Å². The molecule has 0 atom stereocenters. The average Bonchev–Trinajstić information content (AvgIpc) is 3.27. The number of pyridine rings is 1. The molecule has 0 bridgehead atoms. The molecule has 8 nitrogen and oxygen atoms in total. The molecule has 35 heavy (non-hydrogen) atoms. The van der Waals surface area contributed by atoms with Gasteiger partial charge in [-0.2, -0.15) is 5.10 Å². The van der Waals surface area contributed by atoms with Gasteiger partial charge in [0.25, 0.3) is 5.56 Å². The number of aryl methyl sites for hydroxylation is 2. The predicted octanol–water partition coefficient (Wildman–Crippen LogP) is 2.72. The lowest BCUT2D eigenvalue weighted by atomic mass is 9.97. The molecule has 0 amide bonds. The highest BCUT2D eigenvalue weighted by atomic mass is 19.1. The lowest BCUT2D eigenvalue weighted by Gasteiger charge is -2.36. The van der Waals surface area contributed by atoms with Gasteiger partial charge in [0.2, 0.25) is 0 Å². The maximum absolute atomic E-state index is 13.2. The first-order valence-electron chi connectivity index (χ1n) is 12.0. The fourth-order valence-corrected chi connectivity index (χ4v) is 4.93. The van der Waals surface area contributed by atoms with Crippen LogP contribution < -0.4 is 16.2 Å². The zero-order valence-corrected chi connectivity index (χ0v) is 19.9. The number of anilines is 2. The number of nitrogen functional groups attached to an aromatic ring is 1. The van der Waals surface area contributed by atoms with E-state index in [2.05, 4.69) is 24.9 Å². The third-order valence-corrected chi connectivity index (χ3v) is 6.88. The van der Waals surface area contributed by atoms with Gasteiger partial charge in [-0.25, -0.2) is 9.37 Å². The topological polar surface area (TPSA) is 96.1 Å². The second kappa shape index (κ2) is 9.87. The van der Waals surface area contributed by atoms with Gasteiger partial charge >= 0.3 is 0 Å². The molecule has 3 heterocycles. The van der Waals surface area contributed by atoms with Crippen LogP contribution in [0.15, 0.2) is 53.6 Å². The molecule has 2 aromatic heterocycles. The summed E-state index contributed by atoms with van der Waals surface area (Å²) in [4.78, 5) is 25.1. The number of aromatic nitrogens is 4. The van der Waals surface area contributed by atoms with Gasteiger partial charge in [0.15, 0.2) is 0 Å². The third-order valence-electron chi connectivity index (χ3n) is 6.88. The summed E-state index contributed by atoms with van der Waals surface area (Å²) in [5, 5.41) is 5.60. The molecule has 5 rings (SSSR count). The van der Waals surface area contributed by atoms with Crippen molar-refractivity contribution in [3.63, 3.8) is 0 Å². The Morgan fingerprint density at radius 3 is 2.57 bits per heavy atom. The van der Waals surface area contributed by atoms with E-state index in [9.17, 15) is 9.18 Å². The quantitative estimate of drug-likeness (QED) is 0.399. The number of fused-ring (bicyclic) bond motifs is 1. The molecule has 0 saturated carbocycles. The molecule has 0 spiro atoms. The number of hydrogen-bond donors (Lipinski definition) is 2. The van der Waals surface area contributed by atoms with Crippen LogP contribution >= 0.6 is 0 Å². The molecular formula is C26H30FN7O. The van der Waals surface area contributed by atoms with Crippen LogP contribution in [0.1, 0.15) is 23.5 Å². The minimum Gasteiger partial charge on any atom is -0.398 e. The second-order valence-corrected chi connectivity index (χ2v) is 9.07. The highest BCUT2D eigenvalue weighted by Crippen LogP contribution is 2.27. The first kappa shape index (κ1) is 23.0. The zero-order chi connectivity index (χ0) is 24.4. The number of benzene rings is 2. The molecule has 0 aliphatic carbocycles. The largest absolute Gasteiger partial charge is 0.398 e. The molecule has 1 saturated heterocycles. The SMILES string of the molecule is Cn1ncnc1Cc1c(CCCN2CCN(c3ccc(F)cc3)CC2)[nH]c(=O)c2cccc(N)c12. The van der Waals surface area contributed by atoms with E-state index in [1.807, 2.05) is 37.4 Å². The van der Waals surface area contributed by atoms with E-state index in [-0.39, 0.29) is 11.4 Å². The van der Waals surface area contributed by atoms with E-state index < -0.39 is 0 Å². The first-order chi connectivity index (χ1) is 17.0. The number of nitrogens with zero attached hydrogens (tertiary/aromatic N) is 5. The zero-order valence-electron chi connectivity index (χ0n) is 19.9. The van der Waals surface area contributed by atoms with Crippen molar-refractivity contribution in [2.45, 2.75) is 19.3 Å². The summed E-state index contributed by atoms with van der Waals surface area (Å²) in [6.45, 7) is 4.65. The minimum absolute atomic E-state index is 0.114. The van der Waals surface area contributed by atoms with Gasteiger partial charge in [0.05, 0.1) is 0 Å². The summed E-state index contributed by atoms with van der Waals surface area (Å²) in [6.07, 6.45) is 3.74. The van der Waals surface area contributed by atoms with E-state index >= 15 is 0 Å². The maximum Gasteiger partial charge on any atom is 0.256 e. The van der Waals surface area contributed by atoms with Crippen molar-refractivity contribution in [1.82, 2.24) is 24.6 Å². The summed E-state index contributed by atoms with van der Waals surface area (Å²) >= 11 is 0. The van der Waals surface area contributed by atoms with Crippen LogP contribution in [0.2, 0.25) is 0 Å². The van der Waals surface area contributed by atoms with Gasteiger partial charge in [-0.3, -0.25) is 14.4 Å². The molecular weight excluding hydrogens is 445 g/mol. The van der Waals surface area contributed by atoms with Crippen LogP contribution in [-0.4, -0.2) is 57.4 Å². The standard InChI is InChI=1S/C26H30FN7O/c1-32-24(29-17-30-32)16-21-23(31-26(35)20-4-2-5-22(28)25(20)21)6-3-11-33-12-14-34(15-13-33)19-9-7-18(27)8-10-19/h2,4-5,7-10,17H,3,6,11-16,28H2,1H3,(H,31,35). The highest BCUT2D eigenvalue weighted by molar-refractivity contribution is 5.95. The summed E-state index contributed by atoms with van der Waals surface area (Å²) < 4.78 is 15.0. The summed E-state index contributed by atoms with van der Waals surface area (Å²) in [6, 6.07) is 12.2. The van der Waals surface area contributed by atoms with Crippen molar-refractivity contribution in [2.75, 3.05) is 43.4 Å². The van der Waals surface area contributed by atoms with Crippen molar-refractivity contribution >= 4 is 22.1 Å². The van der Waals surface area contributed by atoms with Crippen LogP contribution in [0, 0.1) is 5.82 Å². The lowest BCUT2D eigenvalue weighted by Crippen LogP contribution is -2.46. The van der Waals surface area contributed by atoms with E-state index in [1.54, 1.807) is 4.68 Å². The molecule has 1 fully saturated rings. The second-order valence-electron chi connectivity index (χ2n) is 9.07. The molecule has 1 aliphatic rings. The summed E-state index contributed by atoms with van der Waals surface area (Å²) in [7, 11) is 1.87. The fourth-order valence-electron chi connectivity index (χ4n) is 4.93. The molecule has 4 aromatic rings. The van der Waals surface area contributed by atoms with Crippen molar-refractivity contribution in [3.05, 3.63) is 82.0 Å². The van der Waals surface area contributed by atoms with Gasteiger partial charge in [-0.1, -0.05) is 6.07 Å². The van der Waals surface area contributed by atoms with E-state index in [0.717, 1.165) is 73.7 Å². The van der Waals surface area contributed by atoms with Crippen molar-refractivity contribution in [3.8, 4) is 0 Å². The number of aromatic amines is 1. The lowest BCUT2D eigenvalue weighted by molar-refractivity contribution is 0.255. The number of nitrogens with two attached hydrogens (primary N) is 1. The van der Waals surface area contributed by atoms with Crippen molar-refractivity contribution in [2.24, 2.45) is 7.05 Å². The Hall–Kier alpha value is -3.72. The monoisotopic (exact) mass is 475 g/mol. The minimum atomic E-state index is -0.209. The molecule has 9 heteroatoms.